The van der Waals surface area contributed by atoms with Gasteiger partial charge in [0, 0.05) is 36.4 Å². The maximum atomic E-state index is 14.8. The molecule has 3 amide bonds. The van der Waals surface area contributed by atoms with E-state index in [0.29, 0.717) is 30.8 Å². The molecule has 0 radical (unpaired) electrons. The smallest absolute Gasteiger partial charge is 0.320 e. The first-order chi connectivity index (χ1) is 17.4. The molecule has 4 rings (SSSR count). The highest BCUT2D eigenvalue weighted by Gasteiger charge is 2.41. The van der Waals surface area contributed by atoms with E-state index in [1.807, 2.05) is 25.7 Å². The van der Waals surface area contributed by atoms with Gasteiger partial charge >= 0.3 is 12.0 Å². The summed E-state index contributed by atoms with van der Waals surface area (Å²) in [5.41, 5.74) is 1.41. The van der Waals surface area contributed by atoms with Crippen LogP contribution in [0.5, 0.6) is 5.75 Å². The third-order valence-corrected chi connectivity index (χ3v) is 8.80. The molecule has 0 aromatic heterocycles. The number of carbonyl (C=O) groups is 3. The van der Waals surface area contributed by atoms with E-state index in [2.05, 4.69) is 5.32 Å². The molecule has 1 fully saturated rings. The molecule has 1 atom stereocenters. The number of nitrogens with zero attached hydrogens (tertiary/aromatic N) is 2. The lowest BCUT2D eigenvalue weighted by Gasteiger charge is -2.45. The van der Waals surface area contributed by atoms with E-state index in [4.69, 9.17) is 9.84 Å². The molecule has 198 valence electrons. The molecule has 0 aliphatic carbocycles. The number of carbonyl (C=O) groups excluding carboxylic acids is 2. The molecule has 2 aliphatic heterocycles. The minimum atomic E-state index is -2.30. The zero-order valence-electron chi connectivity index (χ0n) is 21.3. The zero-order chi connectivity index (χ0) is 27.1. The minimum absolute atomic E-state index is 0.0269. The van der Waals surface area contributed by atoms with Crippen molar-refractivity contribution in [3.05, 3.63) is 53.1 Å². The maximum absolute atomic E-state index is 14.8. The van der Waals surface area contributed by atoms with Crippen molar-refractivity contribution in [3.63, 3.8) is 0 Å². The van der Waals surface area contributed by atoms with Crippen LogP contribution in [-0.2, 0) is 16.0 Å². The van der Waals surface area contributed by atoms with E-state index in [-0.39, 0.29) is 35.8 Å². The number of rotatable bonds is 6. The van der Waals surface area contributed by atoms with Gasteiger partial charge in [-0.25, -0.2) is 13.6 Å². The number of nitrogens with one attached hydrogen (secondary N) is 1. The summed E-state index contributed by atoms with van der Waals surface area (Å²) < 4.78 is 35.0. The molecule has 2 aromatic rings. The highest BCUT2D eigenvalue weighted by molar-refractivity contribution is 6.88. The standard InChI is InChI=1S/C26H31F2N3O5Si/c1-36-18-5-6-19-16(10-18)7-8-31(26(35)30-13-15(14-30)9-22(32)33)23(19)25(34)29-17-11-20(27)24(21(28)12-17)37(2,3)4/h5-6,10-12,15,23H,7-9,13-14H2,1-4H3,(H,29,34)(H,32,33). The fourth-order valence-corrected chi connectivity index (χ4v) is 6.65. The molecule has 8 nitrogen and oxygen atoms in total. The van der Waals surface area contributed by atoms with E-state index < -0.39 is 37.6 Å². The molecule has 2 aliphatic rings. The number of methoxy groups -OCH3 is 1. The molecular weight excluding hydrogens is 500 g/mol. The average Bonchev–Trinajstić information content (AvgIpc) is 2.77. The molecule has 2 N–H and O–H groups in total. The Kier molecular flexibility index (Phi) is 7.27. The molecular formula is C26H31F2N3O5Si. The Morgan fingerprint density at radius 3 is 2.32 bits per heavy atom. The Morgan fingerprint density at radius 2 is 1.76 bits per heavy atom. The van der Waals surface area contributed by atoms with E-state index in [0.717, 1.165) is 17.7 Å². The number of aliphatic carboxylic acids is 1. The molecule has 2 heterocycles. The molecule has 1 unspecified atom stereocenters. The second-order valence-electron chi connectivity index (χ2n) is 10.6. The van der Waals surface area contributed by atoms with Gasteiger partial charge in [0.15, 0.2) is 0 Å². The van der Waals surface area contributed by atoms with E-state index in [1.54, 1.807) is 12.1 Å². The van der Waals surface area contributed by atoms with Crippen molar-refractivity contribution in [1.29, 1.82) is 0 Å². The summed E-state index contributed by atoms with van der Waals surface area (Å²) in [4.78, 5) is 40.9. The molecule has 0 bridgehead atoms. The van der Waals surface area contributed by atoms with Crippen molar-refractivity contribution in [3.8, 4) is 5.75 Å². The van der Waals surface area contributed by atoms with Crippen molar-refractivity contribution in [2.45, 2.75) is 38.5 Å². The van der Waals surface area contributed by atoms with Crippen molar-refractivity contribution in [2.75, 3.05) is 32.1 Å². The van der Waals surface area contributed by atoms with Crippen LogP contribution in [0.1, 0.15) is 23.6 Å². The Bertz CT molecular complexity index is 1220. The van der Waals surface area contributed by atoms with Gasteiger partial charge in [-0.1, -0.05) is 25.7 Å². The Morgan fingerprint density at radius 1 is 1.11 bits per heavy atom. The summed E-state index contributed by atoms with van der Waals surface area (Å²) in [6.45, 7) is 6.33. The summed E-state index contributed by atoms with van der Waals surface area (Å²) in [5.74, 6) is -2.45. The van der Waals surface area contributed by atoms with Gasteiger partial charge in [-0.05, 0) is 41.8 Å². The number of fused-ring (bicyclic) bond motifs is 1. The molecule has 1 saturated heterocycles. The molecule has 2 aromatic carbocycles. The van der Waals surface area contributed by atoms with Gasteiger partial charge in [-0.3, -0.25) is 9.59 Å². The number of ether oxygens (including phenoxy) is 1. The van der Waals surface area contributed by atoms with Crippen LogP contribution in [0.25, 0.3) is 0 Å². The van der Waals surface area contributed by atoms with E-state index in [1.165, 1.54) is 16.9 Å². The Hall–Kier alpha value is -3.47. The number of anilines is 1. The number of benzene rings is 2. The predicted molar refractivity (Wildman–Crippen MR) is 137 cm³/mol. The molecule has 37 heavy (non-hydrogen) atoms. The van der Waals surface area contributed by atoms with Crippen LogP contribution in [0.3, 0.4) is 0 Å². The molecule has 0 spiro atoms. The number of hydrogen-bond acceptors (Lipinski definition) is 4. The summed E-state index contributed by atoms with van der Waals surface area (Å²) in [5, 5.41) is 11.7. The summed E-state index contributed by atoms with van der Waals surface area (Å²) in [6.07, 6.45) is 0.462. The van der Waals surface area contributed by atoms with Gasteiger partial charge in [-0.2, -0.15) is 0 Å². The predicted octanol–water partition coefficient (Wildman–Crippen LogP) is 3.58. The maximum Gasteiger partial charge on any atom is 0.320 e. The lowest BCUT2D eigenvalue weighted by molar-refractivity contribution is -0.139. The summed E-state index contributed by atoms with van der Waals surface area (Å²) in [7, 11) is -0.759. The van der Waals surface area contributed by atoms with Crippen molar-refractivity contribution >= 4 is 36.9 Å². The van der Waals surface area contributed by atoms with Gasteiger partial charge in [0.05, 0.1) is 21.6 Å². The second kappa shape index (κ2) is 10.1. The first kappa shape index (κ1) is 26.6. The number of amides is 3. The van der Waals surface area contributed by atoms with Crippen LogP contribution >= 0.6 is 0 Å². The third kappa shape index (κ3) is 5.46. The van der Waals surface area contributed by atoms with Crippen LogP contribution in [0, 0.1) is 17.6 Å². The highest BCUT2D eigenvalue weighted by Crippen LogP contribution is 2.35. The van der Waals surface area contributed by atoms with Crippen LogP contribution < -0.4 is 15.2 Å². The molecule has 0 saturated carbocycles. The average molecular weight is 532 g/mol. The van der Waals surface area contributed by atoms with Gasteiger partial charge in [0.25, 0.3) is 5.91 Å². The number of urea groups is 1. The van der Waals surface area contributed by atoms with E-state index in [9.17, 15) is 23.2 Å². The lowest BCUT2D eigenvalue weighted by Crippen LogP contribution is -2.58. The number of halogens is 2. The fourth-order valence-electron chi connectivity index (χ4n) is 5.08. The lowest BCUT2D eigenvalue weighted by atomic mass is 9.91. The largest absolute Gasteiger partial charge is 0.497 e. The van der Waals surface area contributed by atoms with Crippen LogP contribution in [0.4, 0.5) is 19.3 Å². The monoisotopic (exact) mass is 531 g/mol. The summed E-state index contributed by atoms with van der Waals surface area (Å²) in [6, 6.07) is 6.04. The fraction of sp³-hybridized carbons (Fsp3) is 0.423. The first-order valence-electron chi connectivity index (χ1n) is 12.1. The van der Waals surface area contributed by atoms with Gasteiger partial charge in [0.1, 0.15) is 23.4 Å². The Balaban J connectivity index is 1.62. The summed E-state index contributed by atoms with van der Waals surface area (Å²) >= 11 is 0. The Labute approximate surface area is 215 Å². The first-order valence-corrected chi connectivity index (χ1v) is 15.6. The van der Waals surface area contributed by atoms with Crippen LogP contribution in [0.2, 0.25) is 19.6 Å². The van der Waals surface area contributed by atoms with Crippen molar-refractivity contribution in [1.82, 2.24) is 9.80 Å². The number of hydrogen-bond donors (Lipinski definition) is 2. The van der Waals surface area contributed by atoms with Gasteiger partial charge in [-0.15, -0.1) is 0 Å². The second-order valence-corrected chi connectivity index (χ2v) is 15.6. The van der Waals surface area contributed by atoms with Gasteiger partial charge in [0.2, 0.25) is 0 Å². The highest BCUT2D eigenvalue weighted by atomic mass is 28.3. The number of likely N-dealkylation sites (tertiary alicyclic amines) is 1. The van der Waals surface area contributed by atoms with Gasteiger partial charge < -0.3 is 25.0 Å². The normalized spacial score (nSPS) is 17.6. The van der Waals surface area contributed by atoms with Crippen LogP contribution in [-0.4, -0.2) is 67.6 Å². The van der Waals surface area contributed by atoms with E-state index >= 15 is 0 Å². The minimum Gasteiger partial charge on any atom is -0.497 e. The van der Waals surface area contributed by atoms with Crippen molar-refractivity contribution in [2.24, 2.45) is 5.92 Å². The quantitative estimate of drug-likeness (QED) is 0.556. The molecule has 11 heteroatoms. The van der Waals surface area contributed by atoms with Crippen molar-refractivity contribution < 1.29 is 33.0 Å². The zero-order valence-corrected chi connectivity index (χ0v) is 22.3. The van der Waals surface area contributed by atoms with Crippen LogP contribution in [0.15, 0.2) is 30.3 Å². The third-order valence-electron chi connectivity index (χ3n) is 6.82. The SMILES string of the molecule is COc1ccc2c(c1)CCN(C(=O)N1CC(CC(=O)O)C1)C2C(=O)Nc1cc(F)c([Si](C)(C)C)c(F)c1. The topological polar surface area (TPSA) is 99.2 Å². The number of carboxylic acids is 1. The number of carboxylic acid groups (broad SMARTS) is 1.